The van der Waals surface area contributed by atoms with Crippen molar-refractivity contribution in [1.29, 1.82) is 0 Å². The van der Waals surface area contributed by atoms with E-state index in [1.54, 1.807) is 18.5 Å². The molecule has 19 heavy (non-hydrogen) atoms. The molecule has 1 aromatic carbocycles. The highest BCUT2D eigenvalue weighted by atomic mass is 35.5. The zero-order valence-corrected chi connectivity index (χ0v) is 12.2. The van der Waals surface area contributed by atoms with Crippen molar-refractivity contribution >= 4 is 28.8 Å². The Morgan fingerprint density at radius 3 is 2.53 bits per heavy atom. The normalized spacial score (nSPS) is 10.3. The van der Waals surface area contributed by atoms with Crippen molar-refractivity contribution in [3.05, 3.63) is 52.3 Å². The predicted octanol–water partition coefficient (Wildman–Crippen LogP) is 3.78. The third-order valence-electron chi connectivity index (χ3n) is 2.69. The number of aromatic nitrogens is 1. The van der Waals surface area contributed by atoms with Gasteiger partial charge in [-0.05, 0) is 43.2 Å². The molecule has 0 radical (unpaired) electrons. The minimum atomic E-state index is 0.279. The standard InChI is InChI=1S/C14H13ClN2OS/c1-8-5-10(15)6-9(2)13(8)18-12-7-17-4-3-11(12)14(16)19/h3-7H,1-2H3,(H2,16,19). The van der Waals surface area contributed by atoms with Crippen molar-refractivity contribution in [2.24, 2.45) is 5.73 Å². The second-order valence-electron chi connectivity index (χ2n) is 4.21. The number of hydrogen-bond acceptors (Lipinski definition) is 3. The minimum absolute atomic E-state index is 0.279. The van der Waals surface area contributed by atoms with Gasteiger partial charge in [-0.3, -0.25) is 4.98 Å². The van der Waals surface area contributed by atoms with Gasteiger partial charge in [0, 0.05) is 11.2 Å². The van der Waals surface area contributed by atoms with Gasteiger partial charge in [0.2, 0.25) is 0 Å². The molecule has 2 N–H and O–H groups in total. The van der Waals surface area contributed by atoms with E-state index in [1.165, 1.54) is 0 Å². The number of hydrogen-bond donors (Lipinski definition) is 1. The van der Waals surface area contributed by atoms with Gasteiger partial charge < -0.3 is 10.5 Å². The fourth-order valence-corrected chi connectivity index (χ4v) is 2.33. The summed E-state index contributed by atoms with van der Waals surface area (Å²) in [6.07, 6.45) is 3.23. The highest BCUT2D eigenvalue weighted by Gasteiger charge is 2.11. The molecule has 0 fully saturated rings. The number of nitrogens with zero attached hydrogens (tertiary/aromatic N) is 1. The highest BCUT2D eigenvalue weighted by molar-refractivity contribution is 7.80. The van der Waals surface area contributed by atoms with Crippen molar-refractivity contribution in [1.82, 2.24) is 4.98 Å². The third-order valence-corrected chi connectivity index (χ3v) is 3.13. The summed E-state index contributed by atoms with van der Waals surface area (Å²) in [4.78, 5) is 4.31. The van der Waals surface area contributed by atoms with Crippen LogP contribution in [-0.2, 0) is 0 Å². The van der Waals surface area contributed by atoms with Gasteiger partial charge in [0.25, 0.3) is 0 Å². The van der Waals surface area contributed by atoms with Crippen molar-refractivity contribution < 1.29 is 4.74 Å². The van der Waals surface area contributed by atoms with Crippen LogP contribution in [0.15, 0.2) is 30.6 Å². The Morgan fingerprint density at radius 2 is 1.95 bits per heavy atom. The number of ether oxygens (including phenoxy) is 1. The Bertz CT molecular complexity index is 620. The molecule has 0 spiro atoms. The summed E-state index contributed by atoms with van der Waals surface area (Å²) in [5.41, 5.74) is 8.23. The molecule has 1 aromatic heterocycles. The fourth-order valence-electron chi connectivity index (χ4n) is 1.83. The number of benzene rings is 1. The van der Waals surface area contributed by atoms with E-state index in [2.05, 4.69) is 4.98 Å². The first-order valence-electron chi connectivity index (χ1n) is 5.67. The van der Waals surface area contributed by atoms with Gasteiger partial charge >= 0.3 is 0 Å². The van der Waals surface area contributed by atoms with E-state index in [0.29, 0.717) is 16.3 Å². The van der Waals surface area contributed by atoms with Crippen LogP contribution in [0.3, 0.4) is 0 Å². The SMILES string of the molecule is Cc1cc(Cl)cc(C)c1Oc1cnccc1C(N)=S. The van der Waals surface area contributed by atoms with Gasteiger partial charge in [-0.25, -0.2) is 0 Å². The zero-order valence-electron chi connectivity index (χ0n) is 10.6. The Labute approximate surface area is 122 Å². The first-order valence-corrected chi connectivity index (χ1v) is 6.46. The molecule has 1 heterocycles. The highest BCUT2D eigenvalue weighted by Crippen LogP contribution is 2.32. The van der Waals surface area contributed by atoms with Crippen LogP contribution >= 0.6 is 23.8 Å². The monoisotopic (exact) mass is 292 g/mol. The molecule has 0 atom stereocenters. The summed E-state index contributed by atoms with van der Waals surface area (Å²) in [7, 11) is 0. The molecular weight excluding hydrogens is 280 g/mol. The van der Waals surface area contributed by atoms with Crippen LogP contribution in [0.25, 0.3) is 0 Å². The number of pyridine rings is 1. The molecule has 98 valence electrons. The number of halogens is 1. The van der Waals surface area contributed by atoms with Gasteiger partial charge in [-0.15, -0.1) is 0 Å². The molecule has 3 nitrogen and oxygen atoms in total. The van der Waals surface area contributed by atoms with Crippen LogP contribution in [0.1, 0.15) is 16.7 Å². The molecule has 5 heteroatoms. The Balaban J connectivity index is 2.45. The van der Waals surface area contributed by atoms with E-state index in [-0.39, 0.29) is 4.99 Å². The fraction of sp³-hybridized carbons (Fsp3) is 0.143. The third kappa shape index (κ3) is 3.03. The van der Waals surface area contributed by atoms with E-state index in [9.17, 15) is 0 Å². The van der Waals surface area contributed by atoms with Gasteiger partial charge in [0.1, 0.15) is 10.7 Å². The first kappa shape index (κ1) is 13.8. The zero-order chi connectivity index (χ0) is 14.0. The van der Waals surface area contributed by atoms with Gasteiger partial charge in [0.05, 0.1) is 11.8 Å². The van der Waals surface area contributed by atoms with E-state index < -0.39 is 0 Å². The largest absolute Gasteiger partial charge is 0.454 e. The van der Waals surface area contributed by atoms with E-state index >= 15 is 0 Å². The lowest BCUT2D eigenvalue weighted by Crippen LogP contribution is -2.11. The van der Waals surface area contributed by atoms with Crippen LogP contribution in [0.2, 0.25) is 5.02 Å². The second-order valence-corrected chi connectivity index (χ2v) is 5.08. The molecule has 0 aliphatic heterocycles. The van der Waals surface area contributed by atoms with Gasteiger partial charge in [-0.1, -0.05) is 23.8 Å². The molecule has 2 aromatic rings. The summed E-state index contributed by atoms with van der Waals surface area (Å²) < 4.78 is 5.90. The van der Waals surface area contributed by atoms with Crippen molar-refractivity contribution in [2.75, 3.05) is 0 Å². The average Bonchev–Trinajstić information content (AvgIpc) is 2.34. The number of aryl methyl sites for hydroxylation is 2. The maximum absolute atomic E-state index is 6.00. The Hall–Kier alpha value is -1.65. The number of rotatable bonds is 3. The molecule has 0 amide bonds. The molecule has 0 unspecified atom stereocenters. The molecular formula is C14H13ClN2OS. The molecule has 0 saturated heterocycles. The smallest absolute Gasteiger partial charge is 0.155 e. The molecule has 0 saturated carbocycles. The van der Waals surface area contributed by atoms with Gasteiger partial charge in [0.15, 0.2) is 5.75 Å². The molecule has 0 aliphatic rings. The Morgan fingerprint density at radius 1 is 1.32 bits per heavy atom. The minimum Gasteiger partial charge on any atom is -0.454 e. The van der Waals surface area contributed by atoms with Crippen molar-refractivity contribution in [2.45, 2.75) is 13.8 Å². The van der Waals surface area contributed by atoms with Crippen LogP contribution in [0.5, 0.6) is 11.5 Å². The average molecular weight is 293 g/mol. The summed E-state index contributed by atoms with van der Waals surface area (Å²) in [6.45, 7) is 3.87. The van der Waals surface area contributed by atoms with Crippen LogP contribution in [-0.4, -0.2) is 9.97 Å². The van der Waals surface area contributed by atoms with Crippen LogP contribution in [0, 0.1) is 13.8 Å². The summed E-state index contributed by atoms with van der Waals surface area (Å²) in [6, 6.07) is 5.43. The van der Waals surface area contributed by atoms with E-state index in [1.807, 2.05) is 26.0 Å². The van der Waals surface area contributed by atoms with E-state index in [0.717, 1.165) is 16.9 Å². The molecule has 0 bridgehead atoms. The summed E-state index contributed by atoms with van der Waals surface area (Å²) in [5, 5.41) is 0.683. The van der Waals surface area contributed by atoms with Crippen molar-refractivity contribution in [3.8, 4) is 11.5 Å². The second kappa shape index (κ2) is 5.55. The number of thiocarbonyl (C=S) groups is 1. The maximum Gasteiger partial charge on any atom is 0.155 e. The number of nitrogens with two attached hydrogens (primary N) is 1. The summed E-state index contributed by atoms with van der Waals surface area (Å²) >= 11 is 11.0. The lowest BCUT2D eigenvalue weighted by atomic mass is 10.1. The molecule has 2 rings (SSSR count). The van der Waals surface area contributed by atoms with Crippen LogP contribution in [0.4, 0.5) is 0 Å². The maximum atomic E-state index is 6.00. The Kier molecular flexibility index (Phi) is 4.02. The topological polar surface area (TPSA) is 48.1 Å². The lowest BCUT2D eigenvalue weighted by Gasteiger charge is -2.14. The quantitative estimate of drug-likeness (QED) is 0.875. The predicted molar refractivity (Wildman–Crippen MR) is 81.1 cm³/mol. The molecule has 0 aliphatic carbocycles. The van der Waals surface area contributed by atoms with Crippen LogP contribution < -0.4 is 10.5 Å². The first-order chi connectivity index (χ1) is 8.99. The summed E-state index contributed by atoms with van der Waals surface area (Å²) in [5.74, 6) is 1.29. The van der Waals surface area contributed by atoms with E-state index in [4.69, 9.17) is 34.3 Å². The lowest BCUT2D eigenvalue weighted by molar-refractivity contribution is 0.472. The van der Waals surface area contributed by atoms with Crippen molar-refractivity contribution in [3.63, 3.8) is 0 Å². The van der Waals surface area contributed by atoms with Gasteiger partial charge in [-0.2, -0.15) is 0 Å².